The number of benzene rings is 1. The Kier molecular flexibility index (Phi) is 5.31. The molecule has 0 spiro atoms. The zero-order valence-corrected chi connectivity index (χ0v) is 12.9. The number of aromatic nitrogens is 1. The summed E-state index contributed by atoms with van der Waals surface area (Å²) in [5, 5.41) is 0. The van der Waals surface area contributed by atoms with Crippen molar-refractivity contribution in [2.24, 2.45) is 5.73 Å². The number of hydrogen-bond acceptors (Lipinski definition) is 4. The molecular weight excluding hydrogens is 262 g/mol. The van der Waals surface area contributed by atoms with Gasteiger partial charge in [0.2, 0.25) is 0 Å². The van der Waals surface area contributed by atoms with Gasteiger partial charge in [0.05, 0.1) is 12.8 Å². The molecule has 0 amide bonds. The standard InChI is InChI=1S/C17H23N3O/c1-13-5-4-6-15(19-13)12-20(2)17(11-18)14-7-9-16(21-3)10-8-14/h4-10,17H,11-12,18H2,1-3H3. The number of rotatable bonds is 6. The minimum absolute atomic E-state index is 0.165. The second-order valence-corrected chi connectivity index (χ2v) is 5.21. The van der Waals surface area contributed by atoms with Crippen LogP contribution in [-0.4, -0.2) is 30.6 Å². The molecule has 21 heavy (non-hydrogen) atoms. The molecule has 2 aromatic rings. The molecule has 0 fully saturated rings. The van der Waals surface area contributed by atoms with Crippen molar-refractivity contribution in [1.82, 2.24) is 9.88 Å². The fourth-order valence-corrected chi connectivity index (χ4v) is 2.45. The molecule has 2 N–H and O–H groups in total. The van der Waals surface area contributed by atoms with E-state index >= 15 is 0 Å². The van der Waals surface area contributed by atoms with Gasteiger partial charge in [-0.3, -0.25) is 9.88 Å². The van der Waals surface area contributed by atoms with Crippen LogP contribution < -0.4 is 10.5 Å². The first kappa shape index (κ1) is 15.5. The minimum atomic E-state index is 0.165. The molecule has 0 aliphatic rings. The number of likely N-dealkylation sites (N-methyl/N-ethyl adjacent to an activating group) is 1. The molecule has 4 heteroatoms. The van der Waals surface area contributed by atoms with Gasteiger partial charge in [0, 0.05) is 24.8 Å². The predicted molar refractivity (Wildman–Crippen MR) is 85.2 cm³/mol. The van der Waals surface area contributed by atoms with Crippen LogP contribution in [0.4, 0.5) is 0 Å². The van der Waals surface area contributed by atoms with E-state index in [2.05, 4.69) is 29.1 Å². The number of methoxy groups -OCH3 is 1. The quantitative estimate of drug-likeness (QED) is 0.886. The third-order valence-corrected chi connectivity index (χ3v) is 3.61. The molecule has 0 aliphatic carbocycles. The Bertz CT molecular complexity index is 569. The molecule has 112 valence electrons. The molecule has 0 saturated heterocycles. The van der Waals surface area contributed by atoms with E-state index in [9.17, 15) is 0 Å². The van der Waals surface area contributed by atoms with Crippen LogP contribution in [0.2, 0.25) is 0 Å². The van der Waals surface area contributed by atoms with E-state index in [1.807, 2.05) is 37.3 Å². The summed E-state index contributed by atoms with van der Waals surface area (Å²) in [5.74, 6) is 0.859. The highest BCUT2D eigenvalue weighted by molar-refractivity contribution is 5.29. The average molecular weight is 285 g/mol. The fraction of sp³-hybridized carbons (Fsp3) is 0.353. The van der Waals surface area contributed by atoms with Crippen LogP contribution in [0.5, 0.6) is 5.75 Å². The third kappa shape index (κ3) is 4.03. The van der Waals surface area contributed by atoms with Gasteiger partial charge in [-0.2, -0.15) is 0 Å². The largest absolute Gasteiger partial charge is 0.497 e. The predicted octanol–water partition coefficient (Wildman–Crippen LogP) is 2.53. The van der Waals surface area contributed by atoms with Gasteiger partial charge in [0.1, 0.15) is 5.75 Å². The van der Waals surface area contributed by atoms with Crippen molar-refractivity contribution >= 4 is 0 Å². The van der Waals surface area contributed by atoms with Crippen molar-refractivity contribution in [3.63, 3.8) is 0 Å². The van der Waals surface area contributed by atoms with E-state index in [4.69, 9.17) is 10.5 Å². The van der Waals surface area contributed by atoms with Gasteiger partial charge in [-0.25, -0.2) is 0 Å². The van der Waals surface area contributed by atoms with Gasteiger partial charge in [0.15, 0.2) is 0 Å². The maximum Gasteiger partial charge on any atom is 0.118 e. The summed E-state index contributed by atoms with van der Waals surface area (Å²) >= 11 is 0. The van der Waals surface area contributed by atoms with Crippen LogP contribution in [0.25, 0.3) is 0 Å². The lowest BCUT2D eigenvalue weighted by Crippen LogP contribution is -2.30. The molecule has 1 atom stereocenters. The van der Waals surface area contributed by atoms with Crippen molar-refractivity contribution < 1.29 is 4.74 Å². The van der Waals surface area contributed by atoms with Crippen LogP contribution in [0.1, 0.15) is 23.0 Å². The maximum atomic E-state index is 5.97. The van der Waals surface area contributed by atoms with Crippen molar-refractivity contribution in [1.29, 1.82) is 0 Å². The van der Waals surface area contributed by atoms with E-state index < -0.39 is 0 Å². The normalized spacial score (nSPS) is 12.4. The Hall–Kier alpha value is -1.91. The highest BCUT2D eigenvalue weighted by Crippen LogP contribution is 2.22. The Morgan fingerprint density at radius 2 is 1.90 bits per heavy atom. The Labute approximate surface area is 126 Å². The molecule has 4 nitrogen and oxygen atoms in total. The monoisotopic (exact) mass is 285 g/mol. The summed E-state index contributed by atoms with van der Waals surface area (Å²) in [4.78, 5) is 6.77. The van der Waals surface area contributed by atoms with E-state index in [-0.39, 0.29) is 6.04 Å². The van der Waals surface area contributed by atoms with Crippen molar-refractivity contribution in [3.05, 3.63) is 59.4 Å². The van der Waals surface area contributed by atoms with Crippen LogP contribution in [-0.2, 0) is 6.54 Å². The molecule has 2 rings (SSSR count). The molecular formula is C17H23N3O. The lowest BCUT2D eigenvalue weighted by molar-refractivity contribution is 0.239. The molecule has 1 aromatic carbocycles. The summed E-state index contributed by atoms with van der Waals surface area (Å²) in [6, 6.07) is 14.3. The number of ether oxygens (including phenoxy) is 1. The van der Waals surface area contributed by atoms with Gasteiger partial charge < -0.3 is 10.5 Å². The molecule has 0 aliphatic heterocycles. The number of nitrogens with zero attached hydrogens (tertiary/aromatic N) is 2. The van der Waals surface area contributed by atoms with Crippen molar-refractivity contribution in [2.75, 3.05) is 20.7 Å². The van der Waals surface area contributed by atoms with Gasteiger partial charge >= 0.3 is 0 Å². The number of aryl methyl sites for hydroxylation is 1. The van der Waals surface area contributed by atoms with Gasteiger partial charge in [0.25, 0.3) is 0 Å². The second kappa shape index (κ2) is 7.20. The number of pyridine rings is 1. The zero-order chi connectivity index (χ0) is 15.2. The van der Waals surface area contributed by atoms with Crippen LogP contribution in [0.15, 0.2) is 42.5 Å². The molecule has 0 saturated carbocycles. The smallest absolute Gasteiger partial charge is 0.118 e. The molecule has 0 bridgehead atoms. The third-order valence-electron chi connectivity index (χ3n) is 3.61. The second-order valence-electron chi connectivity index (χ2n) is 5.21. The zero-order valence-electron chi connectivity index (χ0n) is 12.9. The van der Waals surface area contributed by atoms with Crippen LogP contribution in [0.3, 0.4) is 0 Å². The van der Waals surface area contributed by atoms with Crippen molar-refractivity contribution in [2.45, 2.75) is 19.5 Å². The Balaban J connectivity index is 2.12. The first-order chi connectivity index (χ1) is 10.1. The molecule has 0 radical (unpaired) electrons. The fourth-order valence-electron chi connectivity index (χ4n) is 2.45. The lowest BCUT2D eigenvalue weighted by atomic mass is 10.1. The molecule has 1 aromatic heterocycles. The Morgan fingerprint density at radius 3 is 2.48 bits per heavy atom. The lowest BCUT2D eigenvalue weighted by Gasteiger charge is -2.27. The van der Waals surface area contributed by atoms with Gasteiger partial charge in [-0.15, -0.1) is 0 Å². The van der Waals surface area contributed by atoms with E-state index in [1.165, 1.54) is 5.56 Å². The topological polar surface area (TPSA) is 51.4 Å². The molecule has 1 heterocycles. The van der Waals surface area contributed by atoms with Gasteiger partial charge in [-0.05, 0) is 43.8 Å². The summed E-state index contributed by atoms with van der Waals surface area (Å²) in [5.41, 5.74) is 9.25. The van der Waals surface area contributed by atoms with Crippen LogP contribution in [0, 0.1) is 6.92 Å². The summed E-state index contributed by atoms with van der Waals surface area (Å²) in [6.07, 6.45) is 0. The highest BCUT2D eigenvalue weighted by Gasteiger charge is 2.16. The number of hydrogen-bond donors (Lipinski definition) is 1. The SMILES string of the molecule is COc1ccc(C(CN)N(C)Cc2cccc(C)n2)cc1. The summed E-state index contributed by atoms with van der Waals surface area (Å²) in [6.45, 7) is 3.34. The van der Waals surface area contributed by atoms with E-state index in [0.717, 1.165) is 23.7 Å². The van der Waals surface area contributed by atoms with Gasteiger partial charge in [-0.1, -0.05) is 18.2 Å². The minimum Gasteiger partial charge on any atom is -0.497 e. The van der Waals surface area contributed by atoms with Crippen molar-refractivity contribution in [3.8, 4) is 5.75 Å². The van der Waals surface area contributed by atoms with E-state index in [1.54, 1.807) is 7.11 Å². The summed E-state index contributed by atoms with van der Waals surface area (Å²) in [7, 11) is 3.75. The molecule has 1 unspecified atom stereocenters. The van der Waals surface area contributed by atoms with E-state index in [0.29, 0.717) is 6.54 Å². The van der Waals surface area contributed by atoms with Crippen LogP contribution >= 0.6 is 0 Å². The maximum absolute atomic E-state index is 5.97. The Morgan fingerprint density at radius 1 is 1.19 bits per heavy atom. The number of nitrogens with two attached hydrogens (primary N) is 1. The average Bonchev–Trinajstić information content (AvgIpc) is 2.48. The highest BCUT2D eigenvalue weighted by atomic mass is 16.5. The summed E-state index contributed by atoms with van der Waals surface area (Å²) < 4.78 is 5.20. The first-order valence-electron chi connectivity index (χ1n) is 7.11. The first-order valence-corrected chi connectivity index (χ1v) is 7.11.